The fourth-order valence-electron chi connectivity index (χ4n) is 4.79. The van der Waals surface area contributed by atoms with Gasteiger partial charge in [0, 0.05) is 30.1 Å². The number of amides is 2. The number of piperidine rings is 1. The van der Waals surface area contributed by atoms with Gasteiger partial charge in [-0.05, 0) is 49.3 Å². The summed E-state index contributed by atoms with van der Waals surface area (Å²) in [6.45, 7) is 2.05. The first kappa shape index (κ1) is 19.0. The van der Waals surface area contributed by atoms with Crippen LogP contribution in [0.4, 0.5) is 11.4 Å². The molecule has 7 heteroatoms. The maximum atomic E-state index is 13.3. The zero-order valence-electron chi connectivity index (χ0n) is 16.3. The number of thioether (sulfide) groups is 1. The summed E-state index contributed by atoms with van der Waals surface area (Å²) < 4.78 is 0. The van der Waals surface area contributed by atoms with Gasteiger partial charge in [-0.15, -0.1) is 23.1 Å². The van der Waals surface area contributed by atoms with Crippen molar-refractivity contribution in [3.8, 4) is 0 Å². The lowest BCUT2D eigenvalue weighted by Gasteiger charge is -2.33. The largest absolute Gasteiger partial charge is 0.370 e. The summed E-state index contributed by atoms with van der Waals surface area (Å²) >= 11 is 3.42. The number of benzene rings is 1. The maximum absolute atomic E-state index is 13.3. The lowest BCUT2D eigenvalue weighted by atomic mass is 10.1. The fraction of sp³-hybridized carbons (Fsp3) is 0.455. The van der Waals surface area contributed by atoms with Crippen LogP contribution in [0.2, 0.25) is 0 Å². The average molecular weight is 428 g/mol. The molecule has 2 atom stereocenters. The Kier molecular flexibility index (Phi) is 5.04. The zero-order valence-corrected chi connectivity index (χ0v) is 17.9. The van der Waals surface area contributed by atoms with Crippen LogP contribution in [-0.4, -0.2) is 41.6 Å². The van der Waals surface area contributed by atoms with E-state index in [0.717, 1.165) is 30.9 Å². The van der Waals surface area contributed by atoms with Crippen LogP contribution in [0.1, 0.15) is 37.0 Å². The Balaban J connectivity index is 1.39. The molecule has 3 aliphatic heterocycles. The van der Waals surface area contributed by atoms with E-state index < -0.39 is 6.04 Å². The Morgan fingerprint density at radius 1 is 1.10 bits per heavy atom. The highest BCUT2D eigenvalue weighted by Crippen LogP contribution is 2.55. The van der Waals surface area contributed by atoms with Crippen molar-refractivity contribution in [2.75, 3.05) is 29.1 Å². The van der Waals surface area contributed by atoms with Crippen molar-refractivity contribution >= 4 is 46.3 Å². The summed E-state index contributed by atoms with van der Waals surface area (Å²) in [5, 5.41) is 5.21. The van der Waals surface area contributed by atoms with Crippen LogP contribution in [-0.2, 0) is 14.5 Å². The molecule has 1 aromatic carbocycles. The monoisotopic (exact) mass is 427 g/mol. The van der Waals surface area contributed by atoms with Gasteiger partial charge >= 0.3 is 0 Å². The normalized spacial score (nSPS) is 26.6. The van der Waals surface area contributed by atoms with Crippen molar-refractivity contribution in [2.45, 2.75) is 43.0 Å². The minimum atomic E-state index is -0.425. The highest BCUT2D eigenvalue weighted by molar-refractivity contribution is 8.00. The molecular weight excluding hydrogens is 402 g/mol. The second-order valence-corrected chi connectivity index (χ2v) is 10.2. The molecule has 3 aliphatic rings. The summed E-state index contributed by atoms with van der Waals surface area (Å²) in [4.78, 5) is 31.1. The molecular formula is C22H25N3O2S2. The maximum Gasteiger partial charge on any atom is 0.248 e. The summed E-state index contributed by atoms with van der Waals surface area (Å²) in [5.41, 5.74) is 1.94. The molecule has 0 spiro atoms. The van der Waals surface area contributed by atoms with Gasteiger partial charge in [-0.3, -0.25) is 9.59 Å². The molecule has 1 aromatic heterocycles. The molecule has 29 heavy (non-hydrogen) atoms. The number of nitrogens with zero attached hydrogens (tertiary/aromatic N) is 2. The molecule has 0 saturated carbocycles. The number of carbonyl (C=O) groups is 2. The Labute approximate surface area is 179 Å². The lowest BCUT2D eigenvalue weighted by Crippen LogP contribution is -2.47. The molecule has 3 saturated heterocycles. The third kappa shape index (κ3) is 3.24. The molecule has 2 aromatic rings. The van der Waals surface area contributed by atoms with E-state index in [0.29, 0.717) is 12.2 Å². The quantitative estimate of drug-likeness (QED) is 0.792. The van der Waals surface area contributed by atoms with Crippen LogP contribution < -0.4 is 10.2 Å². The number of rotatable bonds is 4. The Hall–Kier alpha value is -1.99. The van der Waals surface area contributed by atoms with Crippen LogP contribution >= 0.6 is 23.1 Å². The van der Waals surface area contributed by atoms with E-state index in [1.165, 1.54) is 24.1 Å². The van der Waals surface area contributed by atoms with Gasteiger partial charge in [-0.25, -0.2) is 0 Å². The summed E-state index contributed by atoms with van der Waals surface area (Å²) in [6, 6.07) is 11.7. The topological polar surface area (TPSA) is 52.7 Å². The molecule has 0 radical (unpaired) electrons. The molecule has 5 nitrogen and oxygen atoms in total. The summed E-state index contributed by atoms with van der Waals surface area (Å²) in [7, 11) is 0. The molecule has 5 rings (SSSR count). The van der Waals surface area contributed by atoms with Gasteiger partial charge in [0.25, 0.3) is 0 Å². The SMILES string of the molecule is O=C(Nc1ccccc1N1CCCCC1)C1CSC2(c3cccs3)CCC(=O)N12. The molecule has 3 fully saturated rings. The van der Waals surface area contributed by atoms with Crippen LogP contribution in [0, 0.1) is 0 Å². The number of hydrogen-bond donors (Lipinski definition) is 1. The Morgan fingerprint density at radius 3 is 2.72 bits per heavy atom. The van der Waals surface area contributed by atoms with E-state index in [9.17, 15) is 9.59 Å². The van der Waals surface area contributed by atoms with Crippen LogP contribution in [0.5, 0.6) is 0 Å². The number of hydrogen-bond acceptors (Lipinski definition) is 5. The van der Waals surface area contributed by atoms with Crippen LogP contribution in [0.3, 0.4) is 0 Å². The minimum Gasteiger partial charge on any atom is -0.370 e. The lowest BCUT2D eigenvalue weighted by molar-refractivity contribution is -0.136. The second kappa shape index (κ2) is 7.69. The van der Waals surface area contributed by atoms with Crippen molar-refractivity contribution in [3.05, 3.63) is 46.7 Å². The Bertz CT molecular complexity index is 911. The third-order valence-electron chi connectivity index (χ3n) is 6.19. The molecule has 0 aliphatic carbocycles. The number of carbonyl (C=O) groups excluding carboxylic acids is 2. The van der Waals surface area contributed by atoms with Crippen molar-refractivity contribution in [1.82, 2.24) is 4.90 Å². The number of fused-ring (bicyclic) bond motifs is 1. The van der Waals surface area contributed by atoms with Gasteiger partial charge in [-0.2, -0.15) is 0 Å². The molecule has 2 unspecified atom stereocenters. The summed E-state index contributed by atoms with van der Waals surface area (Å²) in [6.07, 6.45) is 4.94. The number of anilines is 2. The van der Waals surface area contributed by atoms with Gasteiger partial charge in [0.15, 0.2) is 0 Å². The standard InChI is InChI=1S/C22H25N3O2S2/c26-20-10-11-22(19-9-6-14-28-19)25(20)18(15-29-22)21(27)23-16-7-2-3-8-17(16)24-12-4-1-5-13-24/h2-3,6-9,14,18H,1,4-5,10-13,15H2,(H,23,27). The van der Waals surface area contributed by atoms with Crippen molar-refractivity contribution in [1.29, 1.82) is 0 Å². The third-order valence-corrected chi connectivity index (χ3v) is 8.93. The van der Waals surface area contributed by atoms with Crippen LogP contribution in [0.25, 0.3) is 0 Å². The first-order valence-electron chi connectivity index (χ1n) is 10.3. The number of nitrogens with one attached hydrogen (secondary N) is 1. The van der Waals surface area contributed by atoms with E-state index in [2.05, 4.69) is 22.3 Å². The van der Waals surface area contributed by atoms with E-state index >= 15 is 0 Å². The first-order valence-corrected chi connectivity index (χ1v) is 12.2. The van der Waals surface area contributed by atoms with E-state index in [1.807, 2.05) is 34.5 Å². The summed E-state index contributed by atoms with van der Waals surface area (Å²) in [5.74, 6) is 0.657. The van der Waals surface area contributed by atoms with Gasteiger partial charge in [0.05, 0.1) is 11.4 Å². The number of thiophene rings is 1. The zero-order chi connectivity index (χ0) is 19.8. The second-order valence-electron chi connectivity index (χ2n) is 7.91. The molecule has 2 amide bonds. The van der Waals surface area contributed by atoms with Crippen molar-refractivity contribution < 1.29 is 9.59 Å². The van der Waals surface area contributed by atoms with Gasteiger partial charge in [-0.1, -0.05) is 18.2 Å². The fourth-order valence-corrected chi connectivity index (χ4v) is 7.52. The first-order chi connectivity index (χ1) is 14.2. The Morgan fingerprint density at radius 2 is 1.93 bits per heavy atom. The van der Waals surface area contributed by atoms with Crippen molar-refractivity contribution in [2.24, 2.45) is 0 Å². The molecule has 152 valence electrons. The van der Waals surface area contributed by atoms with Crippen LogP contribution in [0.15, 0.2) is 41.8 Å². The molecule has 0 bridgehead atoms. The van der Waals surface area contributed by atoms with Crippen molar-refractivity contribution in [3.63, 3.8) is 0 Å². The smallest absolute Gasteiger partial charge is 0.248 e. The number of para-hydroxylation sites is 2. The van der Waals surface area contributed by atoms with E-state index in [4.69, 9.17) is 0 Å². The van der Waals surface area contributed by atoms with E-state index in [1.54, 1.807) is 23.1 Å². The highest BCUT2D eigenvalue weighted by Gasteiger charge is 2.57. The predicted molar refractivity (Wildman–Crippen MR) is 119 cm³/mol. The van der Waals surface area contributed by atoms with E-state index in [-0.39, 0.29) is 16.7 Å². The van der Waals surface area contributed by atoms with Gasteiger partial charge in [0.1, 0.15) is 10.9 Å². The minimum absolute atomic E-state index is 0.0735. The highest BCUT2D eigenvalue weighted by atomic mass is 32.2. The van der Waals surface area contributed by atoms with Gasteiger partial charge < -0.3 is 15.1 Å². The molecule has 1 N–H and O–H groups in total. The predicted octanol–water partition coefficient (Wildman–Crippen LogP) is 4.27. The van der Waals surface area contributed by atoms with Gasteiger partial charge in [0.2, 0.25) is 11.8 Å². The average Bonchev–Trinajstić information content (AvgIpc) is 3.47. The molecule has 4 heterocycles.